The van der Waals surface area contributed by atoms with E-state index >= 15 is 0 Å². The van der Waals surface area contributed by atoms with Crippen molar-refractivity contribution in [3.8, 4) is 5.75 Å². The molecule has 0 heterocycles. The van der Waals surface area contributed by atoms with Gasteiger partial charge in [0, 0.05) is 17.3 Å². The number of ether oxygens (including phenoxy) is 1. The van der Waals surface area contributed by atoms with Crippen LogP contribution in [0.1, 0.15) is 12.5 Å². The minimum atomic E-state index is -0.130. The largest absolute Gasteiger partial charge is 0.491 e. The molecule has 1 N–H and O–H groups in total. The molecule has 0 bridgehead atoms. The third-order valence-electron chi connectivity index (χ3n) is 3.40. The maximum absolute atomic E-state index is 12.2. The molecule has 2 rings (SSSR count). The van der Waals surface area contributed by atoms with Crippen LogP contribution < -0.4 is 15.0 Å². The second kappa shape index (κ2) is 8.44. The molecule has 0 saturated heterocycles. The molecule has 0 aliphatic carbocycles. The summed E-state index contributed by atoms with van der Waals surface area (Å²) in [4.78, 5) is 13.9. The van der Waals surface area contributed by atoms with Crippen LogP contribution >= 0.6 is 11.6 Å². The molecule has 0 atom stereocenters. The molecule has 0 saturated carbocycles. The zero-order valence-corrected chi connectivity index (χ0v) is 14.1. The Labute approximate surface area is 142 Å². The Morgan fingerprint density at radius 1 is 1.22 bits per heavy atom. The summed E-state index contributed by atoms with van der Waals surface area (Å²) in [6.07, 6.45) is 0. The minimum Gasteiger partial charge on any atom is -0.491 e. The average molecular weight is 333 g/mol. The van der Waals surface area contributed by atoms with Crippen molar-refractivity contribution in [2.24, 2.45) is 0 Å². The molecule has 0 aliphatic heterocycles. The third kappa shape index (κ3) is 4.89. The topological polar surface area (TPSA) is 41.6 Å². The number of hydrogen-bond acceptors (Lipinski definition) is 2. The lowest BCUT2D eigenvalue weighted by atomic mass is 10.2. The monoisotopic (exact) mass is 332 g/mol. The number of carbonyl (C=O) groups is 1. The van der Waals surface area contributed by atoms with Gasteiger partial charge in [-0.05, 0) is 49.7 Å². The van der Waals surface area contributed by atoms with Gasteiger partial charge < -0.3 is 10.1 Å². The first-order valence-electron chi connectivity index (χ1n) is 7.61. The number of anilines is 1. The number of carbonyl (C=O) groups excluding carboxylic acids is 1. The first-order chi connectivity index (χ1) is 11.1. The number of nitrogens with one attached hydrogen (secondary N) is 1. The number of urea groups is 1. The van der Waals surface area contributed by atoms with Gasteiger partial charge in [-0.1, -0.05) is 29.8 Å². The summed E-state index contributed by atoms with van der Waals surface area (Å²) in [5.74, 6) is 0.777. The van der Waals surface area contributed by atoms with Gasteiger partial charge in [0.05, 0.1) is 6.54 Å². The Morgan fingerprint density at radius 3 is 2.61 bits per heavy atom. The molecule has 4 nitrogen and oxygen atoms in total. The van der Waals surface area contributed by atoms with Crippen molar-refractivity contribution in [1.29, 1.82) is 0 Å². The summed E-state index contributed by atoms with van der Waals surface area (Å²) in [6, 6.07) is 14.9. The van der Waals surface area contributed by atoms with Crippen LogP contribution in [0.15, 0.2) is 48.5 Å². The van der Waals surface area contributed by atoms with Gasteiger partial charge in [-0.2, -0.15) is 0 Å². The molecule has 0 aromatic heterocycles. The fraction of sp³-hybridized carbons (Fsp3) is 0.278. The zero-order chi connectivity index (χ0) is 16.7. The average Bonchev–Trinajstić information content (AvgIpc) is 2.55. The van der Waals surface area contributed by atoms with E-state index in [9.17, 15) is 4.79 Å². The predicted octanol–water partition coefficient (Wildman–Crippen LogP) is 4.26. The van der Waals surface area contributed by atoms with Crippen molar-refractivity contribution < 1.29 is 9.53 Å². The molecule has 2 aromatic rings. The number of para-hydroxylation sites is 1. The first-order valence-corrected chi connectivity index (χ1v) is 7.99. The lowest BCUT2D eigenvalue weighted by Gasteiger charge is -2.21. The van der Waals surface area contributed by atoms with Gasteiger partial charge in [-0.15, -0.1) is 0 Å². The second-order valence-electron chi connectivity index (χ2n) is 5.07. The molecule has 5 heteroatoms. The second-order valence-corrected chi connectivity index (χ2v) is 5.51. The molecule has 122 valence electrons. The molecule has 2 aromatic carbocycles. The molecule has 0 aliphatic rings. The lowest BCUT2D eigenvalue weighted by molar-refractivity contribution is 0.242. The molecule has 0 unspecified atom stereocenters. The highest BCUT2D eigenvalue weighted by Crippen LogP contribution is 2.21. The van der Waals surface area contributed by atoms with Crippen LogP contribution in [-0.2, 0) is 0 Å². The third-order valence-corrected chi connectivity index (χ3v) is 3.64. The Balaban J connectivity index is 1.82. The van der Waals surface area contributed by atoms with Crippen LogP contribution in [0.4, 0.5) is 10.5 Å². The lowest BCUT2D eigenvalue weighted by Crippen LogP contribution is -2.41. The SMILES string of the molecule is CCN(C(=O)NCCOc1ccc(Cl)cc1C)c1ccccc1. The van der Waals surface area contributed by atoms with Gasteiger partial charge in [-0.3, -0.25) is 4.90 Å². The highest BCUT2D eigenvalue weighted by atomic mass is 35.5. The van der Waals surface area contributed by atoms with Gasteiger partial charge in [-0.25, -0.2) is 4.79 Å². The summed E-state index contributed by atoms with van der Waals surface area (Å²) in [5, 5.41) is 3.55. The Hall–Kier alpha value is -2.20. The molecule has 2 amide bonds. The van der Waals surface area contributed by atoms with Crippen LogP contribution in [0.25, 0.3) is 0 Å². The van der Waals surface area contributed by atoms with E-state index in [1.165, 1.54) is 0 Å². The van der Waals surface area contributed by atoms with E-state index < -0.39 is 0 Å². The van der Waals surface area contributed by atoms with E-state index in [4.69, 9.17) is 16.3 Å². The van der Waals surface area contributed by atoms with Crippen LogP contribution in [0.2, 0.25) is 5.02 Å². The molecule has 0 fully saturated rings. The number of hydrogen-bond donors (Lipinski definition) is 1. The van der Waals surface area contributed by atoms with Crippen molar-refractivity contribution >= 4 is 23.3 Å². The number of halogens is 1. The van der Waals surface area contributed by atoms with Gasteiger partial charge in [0.2, 0.25) is 0 Å². The van der Waals surface area contributed by atoms with Crippen molar-refractivity contribution in [3.05, 3.63) is 59.1 Å². The number of amides is 2. The Bertz CT molecular complexity index is 647. The summed E-state index contributed by atoms with van der Waals surface area (Å²) in [7, 11) is 0. The maximum atomic E-state index is 12.2. The summed E-state index contributed by atoms with van der Waals surface area (Å²) < 4.78 is 5.67. The molecule has 0 radical (unpaired) electrons. The summed E-state index contributed by atoms with van der Waals surface area (Å²) in [6.45, 7) is 5.33. The van der Waals surface area contributed by atoms with Crippen molar-refractivity contribution in [2.75, 3.05) is 24.6 Å². The summed E-state index contributed by atoms with van der Waals surface area (Å²) >= 11 is 5.91. The van der Waals surface area contributed by atoms with Crippen molar-refractivity contribution in [2.45, 2.75) is 13.8 Å². The van der Waals surface area contributed by atoms with Crippen LogP contribution in [-0.4, -0.2) is 25.7 Å². The molecular weight excluding hydrogens is 312 g/mol. The predicted molar refractivity (Wildman–Crippen MR) is 94.5 cm³/mol. The van der Waals surface area contributed by atoms with E-state index in [-0.39, 0.29) is 6.03 Å². The number of aryl methyl sites for hydroxylation is 1. The van der Waals surface area contributed by atoms with Crippen molar-refractivity contribution in [3.63, 3.8) is 0 Å². The van der Waals surface area contributed by atoms with E-state index in [1.807, 2.05) is 56.3 Å². The van der Waals surface area contributed by atoms with Crippen molar-refractivity contribution in [1.82, 2.24) is 5.32 Å². The quantitative estimate of drug-likeness (QED) is 0.803. The number of benzene rings is 2. The highest BCUT2D eigenvalue weighted by molar-refractivity contribution is 6.30. The summed E-state index contributed by atoms with van der Waals surface area (Å²) in [5.41, 5.74) is 1.85. The van der Waals surface area contributed by atoms with Gasteiger partial charge in [0.1, 0.15) is 12.4 Å². The fourth-order valence-corrected chi connectivity index (χ4v) is 2.47. The Kier molecular flexibility index (Phi) is 6.29. The van der Waals surface area contributed by atoms with Crippen LogP contribution in [0.5, 0.6) is 5.75 Å². The minimum absolute atomic E-state index is 0.130. The fourth-order valence-electron chi connectivity index (χ4n) is 2.24. The Morgan fingerprint density at radius 2 is 1.96 bits per heavy atom. The van der Waals surface area contributed by atoms with E-state index in [0.29, 0.717) is 24.7 Å². The van der Waals surface area contributed by atoms with E-state index in [0.717, 1.165) is 17.0 Å². The maximum Gasteiger partial charge on any atom is 0.321 e. The van der Waals surface area contributed by atoms with Gasteiger partial charge in [0.25, 0.3) is 0 Å². The zero-order valence-electron chi connectivity index (χ0n) is 13.4. The normalized spacial score (nSPS) is 10.2. The van der Waals surface area contributed by atoms with E-state index in [2.05, 4.69) is 5.32 Å². The number of rotatable bonds is 6. The van der Waals surface area contributed by atoms with Crippen LogP contribution in [0, 0.1) is 6.92 Å². The van der Waals surface area contributed by atoms with E-state index in [1.54, 1.807) is 11.0 Å². The number of nitrogens with zero attached hydrogens (tertiary/aromatic N) is 1. The smallest absolute Gasteiger partial charge is 0.321 e. The molecule has 23 heavy (non-hydrogen) atoms. The van der Waals surface area contributed by atoms with Gasteiger partial charge in [0.15, 0.2) is 0 Å². The standard InChI is InChI=1S/C18H21ClN2O2/c1-3-21(16-7-5-4-6-8-16)18(22)20-11-12-23-17-10-9-15(19)13-14(17)2/h4-10,13H,3,11-12H2,1-2H3,(H,20,22). The molecular formula is C18H21ClN2O2. The highest BCUT2D eigenvalue weighted by Gasteiger charge is 2.12. The van der Waals surface area contributed by atoms with Crippen LogP contribution in [0.3, 0.4) is 0 Å². The van der Waals surface area contributed by atoms with Gasteiger partial charge >= 0.3 is 6.03 Å². The molecule has 0 spiro atoms. The first kappa shape index (κ1) is 17.2.